The fourth-order valence-electron chi connectivity index (χ4n) is 1.81. The molecule has 4 nitrogen and oxygen atoms in total. The molecule has 2 aromatic rings. The van der Waals surface area contributed by atoms with Crippen LogP contribution in [0.25, 0.3) is 0 Å². The van der Waals surface area contributed by atoms with Crippen LogP contribution in [-0.2, 0) is 13.5 Å². The van der Waals surface area contributed by atoms with Crippen molar-refractivity contribution in [1.82, 2.24) is 20.1 Å². The lowest BCUT2D eigenvalue weighted by Crippen LogP contribution is -2.18. The van der Waals surface area contributed by atoms with Crippen molar-refractivity contribution in [2.24, 2.45) is 7.05 Å². The molecule has 0 aliphatic rings. The first kappa shape index (κ1) is 12.3. The molecular formula is C12H18N4S. The van der Waals surface area contributed by atoms with E-state index in [9.17, 15) is 0 Å². The van der Waals surface area contributed by atoms with Crippen LogP contribution in [-0.4, -0.2) is 21.8 Å². The van der Waals surface area contributed by atoms with E-state index >= 15 is 0 Å². The monoisotopic (exact) mass is 250 g/mol. The number of rotatable bonds is 4. The minimum absolute atomic E-state index is 0.286. The Kier molecular flexibility index (Phi) is 3.59. The molecule has 0 bridgehead atoms. The molecule has 0 saturated heterocycles. The van der Waals surface area contributed by atoms with E-state index in [1.807, 2.05) is 25.0 Å². The number of thiazole rings is 1. The zero-order valence-electron chi connectivity index (χ0n) is 10.7. The second-order valence-corrected chi connectivity index (χ2v) is 5.53. The molecule has 92 valence electrons. The molecule has 0 amide bonds. The van der Waals surface area contributed by atoms with Gasteiger partial charge in [0.1, 0.15) is 0 Å². The highest BCUT2D eigenvalue weighted by atomic mass is 32.1. The van der Waals surface area contributed by atoms with Crippen LogP contribution in [0, 0.1) is 13.8 Å². The van der Waals surface area contributed by atoms with Gasteiger partial charge in [0, 0.05) is 36.1 Å². The van der Waals surface area contributed by atoms with Crippen LogP contribution in [0.1, 0.15) is 27.2 Å². The molecule has 0 saturated carbocycles. The quantitative estimate of drug-likeness (QED) is 0.902. The second-order valence-electron chi connectivity index (χ2n) is 4.24. The van der Waals surface area contributed by atoms with Gasteiger partial charge in [-0.25, -0.2) is 4.98 Å². The van der Waals surface area contributed by atoms with E-state index < -0.39 is 0 Å². The van der Waals surface area contributed by atoms with Gasteiger partial charge >= 0.3 is 0 Å². The molecule has 2 heterocycles. The molecule has 1 unspecified atom stereocenters. The summed E-state index contributed by atoms with van der Waals surface area (Å²) in [6, 6.07) is 0.286. The van der Waals surface area contributed by atoms with Gasteiger partial charge in [-0.1, -0.05) is 0 Å². The Morgan fingerprint density at radius 3 is 2.71 bits per heavy atom. The van der Waals surface area contributed by atoms with E-state index in [4.69, 9.17) is 0 Å². The summed E-state index contributed by atoms with van der Waals surface area (Å²) in [6.45, 7) is 4.18. The maximum Gasteiger partial charge on any atom is 0.0949 e. The van der Waals surface area contributed by atoms with Crippen molar-refractivity contribution < 1.29 is 0 Å². The summed E-state index contributed by atoms with van der Waals surface area (Å²) in [5, 5.41) is 8.72. The molecule has 17 heavy (non-hydrogen) atoms. The molecule has 0 radical (unpaired) electrons. The highest BCUT2D eigenvalue weighted by molar-refractivity contribution is 7.11. The summed E-state index contributed by atoms with van der Waals surface area (Å²) in [5.41, 5.74) is 2.35. The van der Waals surface area contributed by atoms with Gasteiger partial charge in [-0.05, 0) is 20.9 Å². The predicted octanol–water partition coefficient (Wildman–Crippen LogP) is 2.00. The Hall–Kier alpha value is -1.20. The van der Waals surface area contributed by atoms with Crippen LogP contribution in [0.3, 0.4) is 0 Å². The van der Waals surface area contributed by atoms with Gasteiger partial charge in [0.15, 0.2) is 0 Å². The molecule has 0 aliphatic carbocycles. The molecule has 0 fully saturated rings. The number of likely N-dealkylation sites (N-methyl/N-ethyl adjacent to an activating group) is 1. The summed E-state index contributed by atoms with van der Waals surface area (Å²) in [7, 11) is 3.92. The second kappa shape index (κ2) is 4.98. The smallest absolute Gasteiger partial charge is 0.0949 e. The number of nitrogens with one attached hydrogen (secondary N) is 1. The van der Waals surface area contributed by atoms with Crippen LogP contribution in [0.5, 0.6) is 0 Å². The Morgan fingerprint density at radius 2 is 2.24 bits per heavy atom. The van der Waals surface area contributed by atoms with E-state index in [0.717, 1.165) is 12.1 Å². The summed E-state index contributed by atoms with van der Waals surface area (Å²) >= 11 is 1.78. The lowest BCUT2D eigenvalue weighted by atomic mass is 10.1. The fraction of sp³-hybridized carbons (Fsp3) is 0.500. The van der Waals surface area contributed by atoms with Gasteiger partial charge in [0.2, 0.25) is 0 Å². The Labute approximate surface area is 106 Å². The zero-order chi connectivity index (χ0) is 12.4. The van der Waals surface area contributed by atoms with Gasteiger partial charge < -0.3 is 5.32 Å². The average Bonchev–Trinajstić information content (AvgIpc) is 2.83. The van der Waals surface area contributed by atoms with Crippen molar-refractivity contribution >= 4 is 11.3 Å². The zero-order valence-corrected chi connectivity index (χ0v) is 11.5. The van der Waals surface area contributed by atoms with Crippen molar-refractivity contribution in [3.8, 4) is 0 Å². The van der Waals surface area contributed by atoms with Crippen LogP contribution in [0.2, 0.25) is 0 Å². The number of aryl methyl sites for hydroxylation is 3. The minimum Gasteiger partial charge on any atom is -0.313 e. The molecule has 0 spiro atoms. The fourth-order valence-corrected chi connectivity index (χ4v) is 2.79. The number of hydrogen-bond acceptors (Lipinski definition) is 4. The van der Waals surface area contributed by atoms with Crippen LogP contribution in [0.15, 0.2) is 12.4 Å². The molecule has 5 heteroatoms. The lowest BCUT2D eigenvalue weighted by Gasteiger charge is -2.12. The first-order chi connectivity index (χ1) is 8.10. The third-order valence-electron chi connectivity index (χ3n) is 2.93. The van der Waals surface area contributed by atoms with Gasteiger partial charge in [0.25, 0.3) is 0 Å². The van der Waals surface area contributed by atoms with Gasteiger partial charge in [-0.15, -0.1) is 11.3 Å². The van der Waals surface area contributed by atoms with Crippen molar-refractivity contribution in [2.75, 3.05) is 7.05 Å². The van der Waals surface area contributed by atoms with Crippen molar-refractivity contribution in [3.63, 3.8) is 0 Å². The first-order valence-electron chi connectivity index (χ1n) is 5.69. The Bertz CT molecular complexity index is 481. The summed E-state index contributed by atoms with van der Waals surface area (Å²) < 4.78 is 1.83. The van der Waals surface area contributed by atoms with Crippen molar-refractivity contribution in [3.05, 3.63) is 33.5 Å². The summed E-state index contributed by atoms with van der Waals surface area (Å²) in [5.74, 6) is 0. The molecular weight excluding hydrogens is 232 g/mol. The number of aromatic nitrogens is 3. The predicted molar refractivity (Wildman–Crippen MR) is 70.3 cm³/mol. The molecule has 0 aromatic carbocycles. The lowest BCUT2D eigenvalue weighted by molar-refractivity contribution is 0.589. The third kappa shape index (κ3) is 2.73. The molecule has 2 aromatic heterocycles. The Morgan fingerprint density at radius 1 is 1.47 bits per heavy atom. The minimum atomic E-state index is 0.286. The molecule has 0 aliphatic heterocycles. The third-order valence-corrected chi connectivity index (χ3v) is 4.02. The van der Waals surface area contributed by atoms with Gasteiger partial charge in [-0.3, -0.25) is 4.68 Å². The van der Waals surface area contributed by atoms with Crippen LogP contribution >= 0.6 is 11.3 Å². The SMILES string of the molecule is CNC(Cc1nc(C)c(C)s1)c1cnn(C)c1. The Balaban J connectivity index is 2.15. The van der Waals surface area contributed by atoms with Crippen molar-refractivity contribution in [2.45, 2.75) is 26.3 Å². The highest BCUT2D eigenvalue weighted by Gasteiger charge is 2.14. The maximum atomic E-state index is 4.58. The molecule has 2 rings (SSSR count). The van der Waals surface area contributed by atoms with Gasteiger partial charge in [0.05, 0.1) is 16.9 Å². The van der Waals surface area contributed by atoms with Crippen molar-refractivity contribution in [1.29, 1.82) is 0 Å². The number of nitrogens with zero attached hydrogens (tertiary/aromatic N) is 3. The van der Waals surface area contributed by atoms with Crippen LogP contribution < -0.4 is 5.32 Å². The maximum absolute atomic E-state index is 4.58. The number of hydrogen-bond donors (Lipinski definition) is 1. The normalized spacial score (nSPS) is 12.9. The van der Waals surface area contributed by atoms with Crippen LogP contribution in [0.4, 0.5) is 0 Å². The molecule has 1 atom stereocenters. The summed E-state index contributed by atoms with van der Waals surface area (Å²) in [6.07, 6.45) is 4.88. The standard InChI is InChI=1S/C12H18N4S/c1-8-9(2)17-12(15-8)5-11(13-3)10-6-14-16(4)7-10/h6-7,11,13H,5H2,1-4H3. The van der Waals surface area contributed by atoms with Gasteiger partial charge in [-0.2, -0.15) is 5.10 Å². The molecule has 1 N–H and O–H groups in total. The topological polar surface area (TPSA) is 42.7 Å². The highest BCUT2D eigenvalue weighted by Crippen LogP contribution is 2.22. The first-order valence-corrected chi connectivity index (χ1v) is 6.50. The van der Waals surface area contributed by atoms with E-state index in [1.165, 1.54) is 15.4 Å². The largest absolute Gasteiger partial charge is 0.313 e. The average molecular weight is 250 g/mol. The summed E-state index contributed by atoms with van der Waals surface area (Å²) in [4.78, 5) is 5.89. The van der Waals surface area contributed by atoms with E-state index in [0.29, 0.717) is 0 Å². The van der Waals surface area contributed by atoms with E-state index in [1.54, 1.807) is 11.3 Å². The van der Waals surface area contributed by atoms with E-state index in [2.05, 4.69) is 35.4 Å². The van der Waals surface area contributed by atoms with E-state index in [-0.39, 0.29) is 6.04 Å².